The van der Waals surface area contributed by atoms with Crippen LogP contribution in [-0.2, 0) is 21.4 Å². The van der Waals surface area contributed by atoms with Gasteiger partial charge in [0.2, 0.25) is 5.16 Å². The molecule has 1 saturated heterocycles. The third-order valence-electron chi connectivity index (χ3n) is 6.55. The average molecular weight is 598 g/mol. The van der Waals surface area contributed by atoms with E-state index < -0.39 is 46.9 Å². The average Bonchev–Trinajstić information content (AvgIpc) is 3.37. The van der Waals surface area contributed by atoms with E-state index in [2.05, 4.69) is 15.5 Å². The van der Waals surface area contributed by atoms with Crippen LogP contribution in [0.1, 0.15) is 22.0 Å². The highest BCUT2D eigenvalue weighted by atomic mass is 32.2. The number of hydrogen-bond acceptors (Lipinski definition) is 12. The van der Waals surface area contributed by atoms with Gasteiger partial charge in [0, 0.05) is 24.6 Å². The van der Waals surface area contributed by atoms with E-state index in [0.29, 0.717) is 21.2 Å². The summed E-state index contributed by atoms with van der Waals surface area (Å²) in [5.74, 6) is -4.60. The highest BCUT2D eigenvalue weighted by Gasteiger charge is 2.59. The minimum atomic E-state index is -1.39. The number of aromatic hydroxyl groups is 2. The number of benzene rings is 2. The summed E-state index contributed by atoms with van der Waals surface area (Å²) in [7, 11) is 1.64. The van der Waals surface area contributed by atoms with Crippen molar-refractivity contribution in [2.24, 2.45) is 12.8 Å². The second-order valence-electron chi connectivity index (χ2n) is 9.09. The van der Waals surface area contributed by atoms with Crippen LogP contribution in [0.4, 0.5) is 0 Å². The van der Waals surface area contributed by atoms with E-state index in [1.165, 1.54) is 28.2 Å². The van der Waals surface area contributed by atoms with Gasteiger partial charge >= 0.3 is 5.97 Å². The zero-order valence-electron chi connectivity index (χ0n) is 21.3. The van der Waals surface area contributed by atoms with Crippen molar-refractivity contribution in [3.8, 4) is 11.5 Å². The number of nitrogens with zero attached hydrogens (tertiary/aromatic N) is 6. The Morgan fingerprint density at radius 3 is 2.56 bits per heavy atom. The number of imide groups is 1. The van der Waals surface area contributed by atoms with Crippen LogP contribution in [0.2, 0.25) is 0 Å². The van der Waals surface area contributed by atoms with Crippen molar-refractivity contribution in [3.05, 3.63) is 70.9 Å². The van der Waals surface area contributed by atoms with Gasteiger partial charge in [0.1, 0.15) is 34.7 Å². The molecule has 2 aromatic carbocycles. The maximum absolute atomic E-state index is 13.8. The van der Waals surface area contributed by atoms with E-state index in [4.69, 9.17) is 5.73 Å². The van der Waals surface area contributed by atoms with Crippen molar-refractivity contribution >= 4 is 47.2 Å². The number of nitrogens with two attached hydrogens (primary N) is 1. The van der Waals surface area contributed by atoms with Crippen molar-refractivity contribution in [1.29, 1.82) is 0 Å². The Morgan fingerprint density at radius 1 is 1.20 bits per heavy atom. The van der Waals surface area contributed by atoms with Crippen LogP contribution >= 0.6 is 23.5 Å². The molecule has 16 heteroatoms. The summed E-state index contributed by atoms with van der Waals surface area (Å²) in [4.78, 5) is 55.2. The SMILES string of the molecule is Cn1nnnc1SCC1=C(C(=O)O)N2C(=O)C(N(C(=O)c3ccc(O)cc3O)C(=O)[C@H](N)c3ccccc3)[C@H]2SC1. The second-order valence-corrected chi connectivity index (χ2v) is 11.1. The number of carboxylic acid groups (broad SMARTS) is 1. The number of aliphatic carboxylic acids is 1. The van der Waals surface area contributed by atoms with Gasteiger partial charge in [-0.3, -0.25) is 24.2 Å². The summed E-state index contributed by atoms with van der Waals surface area (Å²) < 4.78 is 1.43. The molecule has 3 amide bonds. The minimum Gasteiger partial charge on any atom is -0.508 e. The van der Waals surface area contributed by atoms with Gasteiger partial charge in [0.15, 0.2) is 0 Å². The number of phenolic OH excluding ortho intramolecular Hbond substituents is 2. The Hall–Kier alpha value is -4.41. The van der Waals surface area contributed by atoms with E-state index in [1.807, 2.05) is 0 Å². The lowest BCUT2D eigenvalue weighted by molar-refractivity contribution is -0.157. The number of amides is 3. The van der Waals surface area contributed by atoms with Crippen molar-refractivity contribution in [2.75, 3.05) is 11.5 Å². The van der Waals surface area contributed by atoms with E-state index in [1.54, 1.807) is 37.4 Å². The number of phenols is 2. The number of carboxylic acids is 1. The van der Waals surface area contributed by atoms with Gasteiger partial charge in [0.05, 0.1) is 5.56 Å². The first-order valence-electron chi connectivity index (χ1n) is 12.0. The highest BCUT2D eigenvalue weighted by Crippen LogP contribution is 2.44. The number of hydrogen-bond donors (Lipinski definition) is 4. The summed E-state index contributed by atoms with van der Waals surface area (Å²) in [5, 5.41) is 40.8. The Morgan fingerprint density at radius 2 is 1.93 bits per heavy atom. The summed E-state index contributed by atoms with van der Waals surface area (Å²) in [6.07, 6.45) is 0. The first-order valence-corrected chi connectivity index (χ1v) is 14.1. The number of tetrazole rings is 1. The normalized spacial score (nSPS) is 18.9. The Kier molecular flexibility index (Phi) is 7.70. The van der Waals surface area contributed by atoms with Crippen LogP contribution in [0, 0.1) is 0 Å². The van der Waals surface area contributed by atoms with Crippen LogP contribution in [0.25, 0.3) is 0 Å². The molecule has 212 valence electrons. The predicted molar refractivity (Wildman–Crippen MR) is 145 cm³/mol. The molecule has 0 saturated carbocycles. The van der Waals surface area contributed by atoms with Gasteiger partial charge in [-0.05, 0) is 33.7 Å². The van der Waals surface area contributed by atoms with Gasteiger partial charge in [-0.25, -0.2) is 9.48 Å². The topological polar surface area (TPSA) is 205 Å². The van der Waals surface area contributed by atoms with E-state index >= 15 is 0 Å². The molecule has 1 aromatic heterocycles. The summed E-state index contributed by atoms with van der Waals surface area (Å²) >= 11 is 2.39. The van der Waals surface area contributed by atoms with Crippen LogP contribution in [-0.4, -0.2) is 91.9 Å². The molecule has 3 atom stereocenters. The molecule has 41 heavy (non-hydrogen) atoms. The lowest BCUT2D eigenvalue weighted by atomic mass is 9.97. The Balaban J connectivity index is 1.49. The zero-order valence-corrected chi connectivity index (χ0v) is 22.9. The van der Waals surface area contributed by atoms with Crippen LogP contribution < -0.4 is 5.73 Å². The number of fused-ring (bicyclic) bond motifs is 1. The van der Waals surface area contributed by atoms with Gasteiger partial charge in [-0.2, -0.15) is 0 Å². The molecule has 1 unspecified atom stereocenters. The molecule has 3 heterocycles. The standard InChI is InChI=1S/C25H23N7O7S2/c1-30-25(27-28-29-30)41-11-13-10-40-23-19(22(37)32(23)18(13)24(38)39)31(20(35)15-8-7-14(33)9-16(15)34)21(36)17(26)12-5-3-2-4-6-12/h2-9,17,19,23,33-34H,10-11,26H2,1H3,(H,38,39)/t17-,19?,23-/m1/s1. The second kappa shape index (κ2) is 11.2. The van der Waals surface area contributed by atoms with E-state index in [9.17, 15) is 34.5 Å². The van der Waals surface area contributed by atoms with Gasteiger partial charge in [0.25, 0.3) is 17.7 Å². The molecule has 3 aromatic rings. The van der Waals surface area contributed by atoms with Crippen molar-refractivity contribution in [2.45, 2.75) is 22.6 Å². The molecule has 5 rings (SSSR count). The summed E-state index contributed by atoms with van der Waals surface area (Å²) in [6.45, 7) is 0. The monoisotopic (exact) mass is 597 g/mol. The maximum Gasteiger partial charge on any atom is 0.352 e. The lowest BCUT2D eigenvalue weighted by Gasteiger charge is -2.52. The summed E-state index contributed by atoms with van der Waals surface area (Å²) in [5.41, 5.74) is 6.49. The van der Waals surface area contributed by atoms with Gasteiger partial charge in [-0.15, -0.1) is 16.9 Å². The molecule has 0 spiro atoms. The quantitative estimate of drug-likeness (QED) is 0.209. The fourth-order valence-corrected chi connectivity index (χ4v) is 6.90. The largest absolute Gasteiger partial charge is 0.508 e. The first kappa shape index (κ1) is 28.1. The number of carbonyl (C=O) groups is 4. The van der Waals surface area contributed by atoms with Crippen LogP contribution in [0.5, 0.6) is 11.5 Å². The van der Waals surface area contributed by atoms with Crippen LogP contribution in [0.15, 0.2) is 65.0 Å². The fourth-order valence-electron chi connectivity index (χ4n) is 4.52. The first-order chi connectivity index (χ1) is 19.6. The Labute approximate surface area is 240 Å². The third kappa shape index (κ3) is 5.12. The number of rotatable bonds is 8. The third-order valence-corrected chi connectivity index (χ3v) is 8.97. The predicted octanol–water partition coefficient (Wildman–Crippen LogP) is 0.705. The van der Waals surface area contributed by atoms with Crippen LogP contribution in [0.3, 0.4) is 0 Å². The number of thioether (sulfide) groups is 2. The molecule has 0 radical (unpaired) electrons. The maximum atomic E-state index is 13.8. The number of β-lactam (4-membered cyclic amide) rings is 1. The minimum absolute atomic E-state index is 0.186. The molecule has 2 aliphatic heterocycles. The summed E-state index contributed by atoms with van der Waals surface area (Å²) in [6, 6.07) is 8.70. The highest BCUT2D eigenvalue weighted by molar-refractivity contribution is 8.01. The number of aryl methyl sites for hydroxylation is 1. The van der Waals surface area contributed by atoms with Gasteiger partial charge in [-0.1, -0.05) is 42.1 Å². The lowest BCUT2D eigenvalue weighted by Crippen LogP contribution is -2.72. The zero-order chi connectivity index (χ0) is 29.4. The molecule has 14 nitrogen and oxygen atoms in total. The Bertz CT molecular complexity index is 1580. The molecule has 2 aliphatic rings. The smallest absolute Gasteiger partial charge is 0.352 e. The molecule has 0 bridgehead atoms. The van der Waals surface area contributed by atoms with Crippen molar-refractivity contribution in [1.82, 2.24) is 30.0 Å². The molecule has 5 N–H and O–H groups in total. The number of carbonyl (C=O) groups excluding carboxylic acids is 3. The van der Waals surface area contributed by atoms with E-state index in [-0.39, 0.29) is 28.5 Å². The molecular weight excluding hydrogens is 574 g/mol. The number of aromatic nitrogens is 4. The molecular formula is C25H23N7O7S2. The van der Waals surface area contributed by atoms with Crippen molar-refractivity contribution in [3.63, 3.8) is 0 Å². The van der Waals surface area contributed by atoms with Gasteiger partial charge < -0.3 is 21.1 Å². The van der Waals surface area contributed by atoms with Crippen molar-refractivity contribution < 1.29 is 34.5 Å². The molecule has 1 fully saturated rings. The van der Waals surface area contributed by atoms with E-state index in [0.717, 1.165) is 23.1 Å². The fraction of sp³-hybridized carbons (Fsp3) is 0.240. The molecule has 0 aliphatic carbocycles.